The summed E-state index contributed by atoms with van der Waals surface area (Å²) in [6.45, 7) is 3.30. The van der Waals surface area contributed by atoms with E-state index >= 15 is 0 Å². The Labute approximate surface area is 158 Å². The van der Waals surface area contributed by atoms with Gasteiger partial charge in [0.25, 0.3) is 5.89 Å². The molecule has 1 aliphatic rings. The van der Waals surface area contributed by atoms with Gasteiger partial charge in [-0.25, -0.2) is 0 Å². The van der Waals surface area contributed by atoms with Gasteiger partial charge in [-0.15, -0.1) is 0 Å². The summed E-state index contributed by atoms with van der Waals surface area (Å²) in [5, 5.41) is 4.40. The lowest BCUT2D eigenvalue weighted by molar-refractivity contribution is -0.141. The Morgan fingerprint density at radius 1 is 1.52 bits per heavy atom. The Balaban J connectivity index is 1.59. The van der Waals surface area contributed by atoms with E-state index in [2.05, 4.69) is 26.1 Å². The fourth-order valence-electron chi connectivity index (χ4n) is 2.54. The third kappa shape index (κ3) is 4.50. The molecule has 1 fully saturated rings. The van der Waals surface area contributed by atoms with E-state index in [1.54, 1.807) is 30.0 Å². The van der Waals surface area contributed by atoms with E-state index in [0.717, 1.165) is 4.47 Å². The Bertz CT molecular complexity index is 755. The quantitative estimate of drug-likeness (QED) is 0.725. The first-order valence-corrected chi connectivity index (χ1v) is 8.97. The number of morpholine rings is 1. The molecule has 1 saturated heterocycles. The third-order valence-electron chi connectivity index (χ3n) is 3.74. The van der Waals surface area contributed by atoms with Crippen LogP contribution in [0.2, 0.25) is 5.02 Å². The van der Waals surface area contributed by atoms with E-state index in [0.29, 0.717) is 42.2 Å². The second-order valence-corrected chi connectivity index (χ2v) is 6.82. The molecule has 1 amide bonds. The van der Waals surface area contributed by atoms with Gasteiger partial charge < -0.3 is 18.9 Å². The van der Waals surface area contributed by atoms with Crippen molar-refractivity contribution < 1.29 is 18.8 Å². The molecule has 1 atom stereocenters. The summed E-state index contributed by atoms with van der Waals surface area (Å²) in [4.78, 5) is 18.5. The van der Waals surface area contributed by atoms with Crippen LogP contribution in [-0.2, 0) is 9.53 Å². The molecule has 9 heteroatoms. The summed E-state index contributed by atoms with van der Waals surface area (Å²) in [7, 11) is 0. The molecule has 0 N–H and O–H groups in total. The summed E-state index contributed by atoms with van der Waals surface area (Å²) in [6.07, 6.45) is 0.235. The molecule has 0 saturated carbocycles. The van der Waals surface area contributed by atoms with Gasteiger partial charge in [-0.3, -0.25) is 4.79 Å². The van der Waals surface area contributed by atoms with Gasteiger partial charge in [-0.2, -0.15) is 4.98 Å². The lowest BCUT2D eigenvalue weighted by Gasteiger charge is -2.33. The predicted molar refractivity (Wildman–Crippen MR) is 93.6 cm³/mol. The van der Waals surface area contributed by atoms with Crippen LogP contribution in [0.25, 0.3) is 0 Å². The topological polar surface area (TPSA) is 77.7 Å². The molecule has 2 aromatic rings. The van der Waals surface area contributed by atoms with E-state index in [9.17, 15) is 4.79 Å². The van der Waals surface area contributed by atoms with E-state index in [4.69, 9.17) is 25.6 Å². The molecule has 1 unspecified atom stereocenters. The van der Waals surface area contributed by atoms with Crippen LogP contribution in [0.3, 0.4) is 0 Å². The van der Waals surface area contributed by atoms with Gasteiger partial charge in [0.2, 0.25) is 5.91 Å². The molecule has 25 heavy (non-hydrogen) atoms. The molecule has 0 spiro atoms. The highest BCUT2D eigenvalue weighted by Crippen LogP contribution is 2.28. The maximum Gasteiger partial charge on any atom is 0.251 e. The number of ether oxygens (including phenoxy) is 2. The Morgan fingerprint density at radius 3 is 3.08 bits per heavy atom. The monoisotopic (exact) mass is 429 g/mol. The number of hydrogen-bond acceptors (Lipinski definition) is 6. The van der Waals surface area contributed by atoms with Gasteiger partial charge in [0.1, 0.15) is 11.8 Å². The molecule has 0 radical (unpaired) electrons. The van der Waals surface area contributed by atoms with Crippen molar-refractivity contribution in [2.24, 2.45) is 0 Å². The van der Waals surface area contributed by atoms with Gasteiger partial charge >= 0.3 is 0 Å². The molecule has 2 heterocycles. The van der Waals surface area contributed by atoms with E-state index in [1.807, 2.05) is 0 Å². The molecule has 1 aliphatic heterocycles. The van der Waals surface area contributed by atoms with Gasteiger partial charge in [-0.05, 0) is 41.1 Å². The minimum atomic E-state index is -0.357. The summed E-state index contributed by atoms with van der Waals surface area (Å²) in [6, 6.07) is 4.88. The van der Waals surface area contributed by atoms with Crippen molar-refractivity contribution in [2.45, 2.75) is 19.4 Å². The average Bonchev–Trinajstić information content (AvgIpc) is 3.03. The van der Waals surface area contributed by atoms with Gasteiger partial charge in [0.05, 0.1) is 30.7 Å². The second-order valence-electron chi connectivity index (χ2n) is 5.53. The molecule has 1 aromatic heterocycles. The fraction of sp³-hybridized carbons (Fsp3) is 0.438. The zero-order chi connectivity index (χ0) is 17.8. The maximum atomic E-state index is 12.6. The number of carbonyl (C=O) groups excluding carboxylic acids is 1. The average molecular weight is 431 g/mol. The lowest BCUT2D eigenvalue weighted by atomic mass is 10.2. The number of halogens is 2. The van der Waals surface area contributed by atoms with E-state index in [-0.39, 0.29) is 25.0 Å². The highest BCUT2D eigenvalue weighted by atomic mass is 79.9. The minimum absolute atomic E-state index is 0.0470. The van der Waals surface area contributed by atoms with E-state index < -0.39 is 0 Å². The van der Waals surface area contributed by atoms with Gasteiger partial charge in [0.15, 0.2) is 5.82 Å². The van der Waals surface area contributed by atoms with Crippen LogP contribution in [0.1, 0.15) is 24.2 Å². The van der Waals surface area contributed by atoms with Crippen LogP contribution in [0.15, 0.2) is 27.2 Å². The van der Waals surface area contributed by atoms with Crippen LogP contribution < -0.4 is 4.74 Å². The van der Waals surface area contributed by atoms with Crippen LogP contribution in [0, 0.1) is 6.92 Å². The molecule has 0 bridgehead atoms. The van der Waals surface area contributed by atoms with Crippen molar-refractivity contribution in [3.63, 3.8) is 0 Å². The molecular formula is C16H17BrClN3O4. The van der Waals surface area contributed by atoms with Crippen LogP contribution >= 0.6 is 27.5 Å². The van der Waals surface area contributed by atoms with Crippen LogP contribution in [0.4, 0.5) is 0 Å². The summed E-state index contributed by atoms with van der Waals surface area (Å²) < 4.78 is 17.1. The molecule has 1 aromatic carbocycles. The Kier molecular flexibility index (Phi) is 5.93. The first kappa shape index (κ1) is 18.2. The molecule has 0 aliphatic carbocycles. The summed E-state index contributed by atoms with van der Waals surface area (Å²) >= 11 is 9.29. The molecule has 7 nitrogen and oxygen atoms in total. The number of nitrogens with zero attached hydrogens (tertiary/aromatic N) is 3. The fourth-order valence-corrected chi connectivity index (χ4v) is 3.34. The van der Waals surface area contributed by atoms with Crippen LogP contribution in [0.5, 0.6) is 5.75 Å². The van der Waals surface area contributed by atoms with Gasteiger partial charge in [-0.1, -0.05) is 16.8 Å². The molecule has 3 rings (SSSR count). The van der Waals surface area contributed by atoms with Crippen molar-refractivity contribution in [2.75, 3.05) is 26.4 Å². The van der Waals surface area contributed by atoms with Crippen molar-refractivity contribution in [3.8, 4) is 5.75 Å². The molecular weight excluding hydrogens is 414 g/mol. The summed E-state index contributed by atoms with van der Waals surface area (Å²) in [5.41, 5.74) is 0. The second kappa shape index (κ2) is 8.16. The number of amides is 1. The largest absolute Gasteiger partial charge is 0.492 e. The number of rotatable bonds is 5. The predicted octanol–water partition coefficient (Wildman–Crippen LogP) is 3.16. The standard InChI is InChI=1S/C16H17BrClN3O4/c1-10-19-16(25-20-10)13-9-23-7-5-21(13)15(22)4-6-24-14-3-2-11(18)8-12(14)17/h2-3,8,13H,4-7,9H2,1H3. The van der Waals surface area contributed by atoms with Gasteiger partial charge in [0, 0.05) is 11.6 Å². The summed E-state index contributed by atoms with van der Waals surface area (Å²) in [5.74, 6) is 1.52. The maximum absolute atomic E-state index is 12.6. The van der Waals surface area contributed by atoms with Crippen LogP contribution in [-0.4, -0.2) is 47.3 Å². The number of benzene rings is 1. The van der Waals surface area contributed by atoms with Crippen molar-refractivity contribution in [1.29, 1.82) is 0 Å². The minimum Gasteiger partial charge on any atom is -0.492 e. The Hall–Kier alpha value is -1.64. The highest BCUT2D eigenvalue weighted by molar-refractivity contribution is 9.10. The lowest BCUT2D eigenvalue weighted by Crippen LogP contribution is -2.44. The number of aromatic nitrogens is 2. The first-order chi connectivity index (χ1) is 12.0. The highest BCUT2D eigenvalue weighted by Gasteiger charge is 2.32. The van der Waals surface area contributed by atoms with Crippen molar-refractivity contribution >= 4 is 33.4 Å². The number of hydrogen-bond donors (Lipinski definition) is 0. The zero-order valence-electron chi connectivity index (χ0n) is 13.6. The Morgan fingerprint density at radius 2 is 2.36 bits per heavy atom. The third-order valence-corrected chi connectivity index (χ3v) is 4.60. The smallest absolute Gasteiger partial charge is 0.251 e. The number of carbonyl (C=O) groups is 1. The number of aryl methyl sites for hydroxylation is 1. The van der Waals surface area contributed by atoms with Crippen molar-refractivity contribution in [3.05, 3.63) is 39.4 Å². The van der Waals surface area contributed by atoms with E-state index in [1.165, 1.54) is 0 Å². The first-order valence-electron chi connectivity index (χ1n) is 7.80. The van der Waals surface area contributed by atoms with Crippen molar-refractivity contribution in [1.82, 2.24) is 15.0 Å². The normalized spacial score (nSPS) is 17.6. The SMILES string of the molecule is Cc1noc(C2COCCN2C(=O)CCOc2ccc(Cl)cc2Br)n1. The zero-order valence-corrected chi connectivity index (χ0v) is 15.9. The molecule has 134 valence electrons.